The van der Waals surface area contributed by atoms with E-state index in [0.717, 1.165) is 22.8 Å². The van der Waals surface area contributed by atoms with Crippen LogP contribution in [0.3, 0.4) is 0 Å². The summed E-state index contributed by atoms with van der Waals surface area (Å²) in [6.07, 6.45) is 1.96. The molecule has 0 amide bonds. The van der Waals surface area contributed by atoms with Gasteiger partial charge in [0, 0.05) is 23.3 Å². The van der Waals surface area contributed by atoms with E-state index >= 15 is 0 Å². The average Bonchev–Trinajstić information content (AvgIpc) is 3.37. The van der Waals surface area contributed by atoms with Crippen LogP contribution in [0.2, 0.25) is 5.02 Å². The van der Waals surface area contributed by atoms with Gasteiger partial charge in [-0.25, -0.2) is 0 Å². The summed E-state index contributed by atoms with van der Waals surface area (Å²) in [6.45, 7) is 0.406. The van der Waals surface area contributed by atoms with Crippen LogP contribution in [0, 0.1) is 0 Å². The van der Waals surface area contributed by atoms with Gasteiger partial charge < -0.3 is 19.4 Å². The lowest BCUT2D eigenvalue weighted by Gasteiger charge is -2.25. The molecule has 3 aromatic rings. The van der Waals surface area contributed by atoms with Crippen LogP contribution in [0.15, 0.2) is 65.2 Å². The van der Waals surface area contributed by atoms with E-state index in [2.05, 4.69) is 10.3 Å². The first-order valence-corrected chi connectivity index (χ1v) is 10.3. The first kappa shape index (κ1) is 20.4. The molecule has 8 heteroatoms. The first-order chi connectivity index (χ1) is 14.6. The minimum absolute atomic E-state index is 0.208. The number of carbonyl (C=O) groups excluding carboxylic acids is 1. The number of hydrogen-bond donors (Lipinski definition) is 1. The highest BCUT2D eigenvalue weighted by Gasteiger charge is 2.41. The number of rotatable bonds is 6. The third kappa shape index (κ3) is 4.17. The zero-order valence-electron chi connectivity index (χ0n) is 16.2. The van der Waals surface area contributed by atoms with Crippen molar-refractivity contribution in [2.45, 2.75) is 18.5 Å². The fourth-order valence-electron chi connectivity index (χ4n) is 3.55. The van der Waals surface area contributed by atoms with Gasteiger partial charge in [0.1, 0.15) is 17.6 Å². The molecule has 0 radical (unpaired) electrons. The normalized spacial score (nSPS) is 18.3. The molecule has 0 spiro atoms. The third-order valence-electron chi connectivity index (χ3n) is 5.03. The second-order valence-electron chi connectivity index (χ2n) is 6.86. The van der Waals surface area contributed by atoms with Crippen molar-refractivity contribution in [1.82, 2.24) is 15.2 Å². The lowest BCUT2D eigenvalue weighted by Crippen LogP contribution is -2.31. The molecule has 3 heterocycles. The maximum absolute atomic E-state index is 11.7. The number of furan rings is 1. The Morgan fingerprint density at radius 3 is 2.73 bits per heavy atom. The van der Waals surface area contributed by atoms with Crippen molar-refractivity contribution >= 4 is 34.9 Å². The van der Waals surface area contributed by atoms with E-state index in [0.29, 0.717) is 16.7 Å². The van der Waals surface area contributed by atoms with Gasteiger partial charge in [0.2, 0.25) is 0 Å². The minimum Gasteiger partial charge on any atom is -0.469 e. The molecule has 1 saturated heterocycles. The van der Waals surface area contributed by atoms with Crippen molar-refractivity contribution < 1.29 is 13.9 Å². The number of aromatic nitrogens is 1. The van der Waals surface area contributed by atoms with Crippen LogP contribution in [-0.2, 0) is 9.53 Å². The predicted molar refractivity (Wildman–Crippen MR) is 118 cm³/mol. The molecule has 2 atom stereocenters. The van der Waals surface area contributed by atoms with E-state index in [-0.39, 0.29) is 24.5 Å². The summed E-state index contributed by atoms with van der Waals surface area (Å²) < 4.78 is 11.0. The number of nitrogens with one attached hydrogen (secondary N) is 1. The van der Waals surface area contributed by atoms with Crippen molar-refractivity contribution in [2.24, 2.45) is 0 Å². The molecule has 154 valence electrons. The van der Waals surface area contributed by atoms with Gasteiger partial charge in [0.05, 0.1) is 25.3 Å². The van der Waals surface area contributed by atoms with Gasteiger partial charge >= 0.3 is 5.97 Å². The average molecular weight is 442 g/mol. The molecule has 4 rings (SSSR count). The van der Waals surface area contributed by atoms with E-state index in [1.165, 1.54) is 7.11 Å². The Hall–Kier alpha value is -2.90. The fourth-order valence-corrected chi connectivity index (χ4v) is 4.01. The van der Waals surface area contributed by atoms with Crippen molar-refractivity contribution in [1.29, 1.82) is 0 Å². The van der Waals surface area contributed by atoms with Crippen molar-refractivity contribution in [3.05, 3.63) is 77.3 Å². The highest BCUT2D eigenvalue weighted by Crippen LogP contribution is 2.40. The summed E-state index contributed by atoms with van der Waals surface area (Å²) in [6, 6.07) is 16.6. The molecule has 2 aromatic heterocycles. The standard InChI is InChI=1S/C22H20ClN3O3S/c1-28-19(27)11-13-26-21(20(25-22(26)30)16-4-2-3-12-24-16)18-10-9-17(29-18)14-5-7-15(23)8-6-14/h2-10,12,20-21H,11,13H2,1H3,(H,25,30)/t20-,21+/m1/s1. The molecule has 0 aliphatic carbocycles. The molecule has 1 fully saturated rings. The van der Waals surface area contributed by atoms with Crippen LogP contribution in [-0.4, -0.2) is 34.6 Å². The van der Waals surface area contributed by atoms with Crippen LogP contribution in [0.5, 0.6) is 0 Å². The Morgan fingerprint density at radius 1 is 1.23 bits per heavy atom. The molecule has 1 aromatic carbocycles. The molecular formula is C22H20ClN3O3S. The lowest BCUT2D eigenvalue weighted by molar-refractivity contribution is -0.140. The summed E-state index contributed by atoms with van der Waals surface area (Å²) >= 11 is 11.6. The van der Waals surface area contributed by atoms with Crippen LogP contribution in [0.1, 0.15) is 30.0 Å². The number of ether oxygens (including phenoxy) is 1. The second-order valence-corrected chi connectivity index (χ2v) is 7.68. The van der Waals surface area contributed by atoms with Crippen LogP contribution < -0.4 is 5.32 Å². The summed E-state index contributed by atoms with van der Waals surface area (Å²) in [5.41, 5.74) is 1.77. The Kier molecular flexibility index (Phi) is 6.01. The third-order valence-corrected chi connectivity index (χ3v) is 5.63. The number of thiocarbonyl (C=S) groups is 1. The molecule has 1 aliphatic rings. The molecule has 6 nitrogen and oxygen atoms in total. The Labute approximate surface area is 184 Å². The molecule has 0 unspecified atom stereocenters. The largest absolute Gasteiger partial charge is 0.469 e. The molecule has 1 aliphatic heterocycles. The van der Waals surface area contributed by atoms with E-state index in [1.54, 1.807) is 6.20 Å². The van der Waals surface area contributed by atoms with Crippen molar-refractivity contribution in [2.75, 3.05) is 13.7 Å². The van der Waals surface area contributed by atoms with E-state index in [1.807, 2.05) is 59.5 Å². The van der Waals surface area contributed by atoms with Crippen LogP contribution in [0.25, 0.3) is 11.3 Å². The van der Waals surface area contributed by atoms with Gasteiger partial charge in [-0.1, -0.05) is 17.7 Å². The van der Waals surface area contributed by atoms with E-state index in [9.17, 15) is 4.79 Å². The number of esters is 1. The summed E-state index contributed by atoms with van der Waals surface area (Å²) in [5.74, 6) is 1.17. The van der Waals surface area contributed by atoms with Gasteiger partial charge in [-0.15, -0.1) is 0 Å². The van der Waals surface area contributed by atoms with E-state index in [4.69, 9.17) is 33.0 Å². The summed E-state index contributed by atoms with van der Waals surface area (Å²) in [5, 5.41) is 4.54. The van der Waals surface area contributed by atoms with E-state index < -0.39 is 0 Å². The maximum Gasteiger partial charge on any atom is 0.307 e. The zero-order chi connectivity index (χ0) is 21.1. The quantitative estimate of drug-likeness (QED) is 0.445. The van der Waals surface area contributed by atoms with Crippen molar-refractivity contribution in [3.8, 4) is 11.3 Å². The molecule has 30 heavy (non-hydrogen) atoms. The Balaban J connectivity index is 1.68. The zero-order valence-corrected chi connectivity index (χ0v) is 17.8. The fraction of sp³-hybridized carbons (Fsp3) is 0.227. The van der Waals surface area contributed by atoms with Gasteiger partial charge in [0.25, 0.3) is 0 Å². The molecular weight excluding hydrogens is 422 g/mol. The molecule has 0 bridgehead atoms. The van der Waals surface area contributed by atoms with Crippen molar-refractivity contribution in [3.63, 3.8) is 0 Å². The Bertz CT molecular complexity index is 1040. The predicted octanol–water partition coefficient (Wildman–Crippen LogP) is 4.53. The van der Waals surface area contributed by atoms with Crippen LogP contribution >= 0.6 is 23.8 Å². The first-order valence-electron chi connectivity index (χ1n) is 9.47. The smallest absolute Gasteiger partial charge is 0.307 e. The number of benzene rings is 1. The number of carbonyl (C=O) groups is 1. The summed E-state index contributed by atoms with van der Waals surface area (Å²) in [4.78, 5) is 18.2. The minimum atomic E-state index is -0.292. The number of halogens is 1. The number of nitrogens with zero attached hydrogens (tertiary/aromatic N) is 2. The van der Waals surface area contributed by atoms with Gasteiger partial charge in [0.15, 0.2) is 5.11 Å². The topological polar surface area (TPSA) is 67.6 Å². The highest BCUT2D eigenvalue weighted by atomic mass is 35.5. The number of methoxy groups -OCH3 is 1. The lowest BCUT2D eigenvalue weighted by atomic mass is 10.0. The van der Waals surface area contributed by atoms with Gasteiger partial charge in [-0.05, 0) is 60.7 Å². The SMILES string of the molecule is COC(=O)CCN1C(=S)N[C@H](c2ccccn2)[C@@H]1c1ccc(-c2ccc(Cl)cc2)o1. The maximum atomic E-state index is 11.7. The monoisotopic (exact) mass is 441 g/mol. The molecule has 0 saturated carbocycles. The number of hydrogen-bond acceptors (Lipinski definition) is 5. The summed E-state index contributed by atoms with van der Waals surface area (Å²) in [7, 11) is 1.38. The van der Waals surface area contributed by atoms with Gasteiger partial charge in [-0.2, -0.15) is 0 Å². The van der Waals surface area contributed by atoms with Gasteiger partial charge in [-0.3, -0.25) is 9.78 Å². The molecule has 1 N–H and O–H groups in total. The van der Waals surface area contributed by atoms with Crippen LogP contribution in [0.4, 0.5) is 0 Å². The Morgan fingerprint density at radius 2 is 2.03 bits per heavy atom. The second kappa shape index (κ2) is 8.85. The highest BCUT2D eigenvalue weighted by molar-refractivity contribution is 7.80. The number of pyridine rings is 1.